The van der Waals surface area contributed by atoms with Crippen molar-refractivity contribution in [2.24, 2.45) is 0 Å². The molecule has 0 saturated carbocycles. The molecule has 0 radical (unpaired) electrons. The predicted molar refractivity (Wildman–Crippen MR) is 99.3 cm³/mol. The minimum Gasteiger partial charge on any atom is -0.454 e. The van der Waals surface area contributed by atoms with Gasteiger partial charge in [-0.2, -0.15) is 0 Å². The number of ether oxygens (including phenoxy) is 2. The van der Waals surface area contributed by atoms with Crippen molar-refractivity contribution in [3.8, 4) is 11.5 Å². The Morgan fingerprint density at radius 2 is 1.81 bits per heavy atom. The minimum atomic E-state index is -3.70. The first-order chi connectivity index (χ1) is 12.9. The van der Waals surface area contributed by atoms with E-state index in [0.717, 1.165) is 17.7 Å². The fourth-order valence-corrected chi connectivity index (χ4v) is 4.51. The summed E-state index contributed by atoms with van der Waals surface area (Å²) in [7, 11) is -3.70. The molecule has 2 aliphatic heterocycles. The summed E-state index contributed by atoms with van der Waals surface area (Å²) >= 11 is 0. The van der Waals surface area contributed by atoms with E-state index in [2.05, 4.69) is 4.72 Å². The van der Waals surface area contributed by atoms with Crippen LogP contribution in [0.4, 0.5) is 5.69 Å². The third-order valence-corrected chi connectivity index (χ3v) is 6.32. The SMILES string of the molecule is CC(NS(=O)(=O)c1ccc(N2CCCC2=O)cc1)c1ccc2c(c1)OCO2. The Morgan fingerprint density at radius 1 is 1.07 bits per heavy atom. The van der Waals surface area contributed by atoms with E-state index in [1.54, 1.807) is 36.1 Å². The zero-order chi connectivity index (χ0) is 19.0. The van der Waals surface area contributed by atoms with E-state index >= 15 is 0 Å². The third kappa shape index (κ3) is 3.50. The molecule has 0 aromatic heterocycles. The van der Waals surface area contributed by atoms with Crippen LogP contribution in [0, 0.1) is 0 Å². The number of carbonyl (C=O) groups excluding carboxylic acids is 1. The maximum absolute atomic E-state index is 12.7. The molecule has 7 nitrogen and oxygen atoms in total. The van der Waals surface area contributed by atoms with Crippen LogP contribution in [-0.4, -0.2) is 27.7 Å². The van der Waals surface area contributed by atoms with Gasteiger partial charge in [0.05, 0.1) is 4.90 Å². The number of benzene rings is 2. The van der Waals surface area contributed by atoms with Crippen molar-refractivity contribution < 1.29 is 22.7 Å². The Kier molecular flexibility index (Phi) is 4.53. The normalized spacial score (nSPS) is 17.4. The molecule has 1 fully saturated rings. The summed E-state index contributed by atoms with van der Waals surface area (Å²) in [4.78, 5) is 13.7. The van der Waals surface area contributed by atoms with Gasteiger partial charge in [-0.3, -0.25) is 4.79 Å². The lowest BCUT2D eigenvalue weighted by Gasteiger charge is -2.17. The van der Waals surface area contributed by atoms with Crippen molar-refractivity contribution in [2.45, 2.75) is 30.7 Å². The van der Waals surface area contributed by atoms with Crippen LogP contribution in [0.3, 0.4) is 0 Å². The summed E-state index contributed by atoms with van der Waals surface area (Å²) in [6.07, 6.45) is 1.36. The number of fused-ring (bicyclic) bond motifs is 1. The smallest absolute Gasteiger partial charge is 0.241 e. The number of hydrogen-bond donors (Lipinski definition) is 1. The van der Waals surface area contributed by atoms with Crippen molar-refractivity contribution in [2.75, 3.05) is 18.2 Å². The Hall–Kier alpha value is -2.58. The first kappa shape index (κ1) is 17.8. The number of rotatable bonds is 5. The second-order valence-corrected chi connectivity index (χ2v) is 8.31. The van der Waals surface area contributed by atoms with Gasteiger partial charge in [-0.15, -0.1) is 0 Å². The van der Waals surface area contributed by atoms with Crippen LogP contribution in [0.1, 0.15) is 31.4 Å². The Bertz CT molecular complexity index is 972. The van der Waals surface area contributed by atoms with Crippen LogP contribution in [0.25, 0.3) is 0 Å². The first-order valence-corrected chi connectivity index (χ1v) is 10.2. The second kappa shape index (κ2) is 6.86. The van der Waals surface area contributed by atoms with Crippen LogP contribution < -0.4 is 19.1 Å². The molecule has 2 aromatic carbocycles. The monoisotopic (exact) mass is 388 g/mol. The fourth-order valence-electron chi connectivity index (χ4n) is 3.28. The van der Waals surface area contributed by atoms with Gasteiger partial charge < -0.3 is 14.4 Å². The molecule has 2 aliphatic rings. The summed E-state index contributed by atoms with van der Waals surface area (Å²) < 4.78 is 38.7. The number of sulfonamides is 1. The van der Waals surface area contributed by atoms with Gasteiger partial charge in [-0.25, -0.2) is 13.1 Å². The van der Waals surface area contributed by atoms with Crippen LogP contribution in [0.5, 0.6) is 11.5 Å². The summed E-state index contributed by atoms with van der Waals surface area (Å²) in [6.45, 7) is 2.61. The molecule has 1 N–H and O–H groups in total. The molecule has 0 bridgehead atoms. The average molecular weight is 388 g/mol. The van der Waals surface area contributed by atoms with E-state index < -0.39 is 16.1 Å². The number of amides is 1. The van der Waals surface area contributed by atoms with Crippen molar-refractivity contribution in [1.82, 2.24) is 4.72 Å². The molecule has 0 spiro atoms. The molecule has 1 unspecified atom stereocenters. The van der Waals surface area contributed by atoms with Crippen LogP contribution >= 0.6 is 0 Å². The number of carbonyl (C=O) groups is 1. The number of nitrogens with zero attached hydrogens (tertiary/aromatic N) is 1. The van der Waals surface area contributed by atoms with Crippen LogP contribution in [0.15, 0.2) is 47.4 Å². The highest BCUT2D eigenvalue weighted by atomic mass is 32.2. The maximum atomic E-state index is 12.7. The Morgan fingerprint density at radius 3 is 2.52 bits per heavy atom. The Balaban J connectivity index is 1.50. The molecular formula is C19H20N2O5S. The van der Waals surface area contributed by atoms with Crippen LogP contribution in [-0.2, 0) is 14.8 Å². The number of hydrogen-bond acceptors (Lipinski definition) is 5. The molecule has 1 atom stereocenters. The second-order valence-electron chi connectivity index (χ2n) is 6.60. The molecule has 4 rings (SSSR count). The lowest BCUT2D eigenvalue weighted by Crippen LogP contribution is -2.27. The predicted octanol–water partition coefficient (Wildman–Crippen LogP) is 2.58. The molecule has 2 aromatic rings. The lowest BCUT2D eigenvalue weighted by atomic mass is 10.1. The van der Waals surface area contributed by atoms with E-state index in [9.17, 15) is 13.2 Å². The lowest BCUT2D eigenvalue weighted by molar-refractivity contribution is -0.117. The molecule has 0 aliphatic carbocycles. The van der Waals surface area contributed by atoms with Gasteiger partial charge in [-0.1, -0.05) is 6.07 Å². The molecule has 1 amide bonds. The molecule has 27 heavy (non-hydrogen) atoms. The molecular weight excluding hydrogens is 368 g/mol. The highest BCUT2D eigenvalue weighted by Crippen LogP contribution is 2.34. The largest absolute Gasteiger partial charge is 0.454 e. The zero-order valence-electron chi connectivity index (χ0n) is 14.8. The van der Waals surface area contributed by atoms with Gasteiger partial charge in [0.2, 0.25) is 22.7 Å². The topological polar surface area (TPSA) is 84.9 Å². The van der Waals surface area contributed by atoms with E-state index in [0.29, 0.717) is 24.5 Å². The molecule has 2 heterocycles. The van der Waals surface area contributed by atoms with Crippen molar-refractivity contribution >= 4 is 21.6 Å². The van der Waals surface area contributed by atoms with Gasteiger partial charge in [-0.05, 0) is 55.3 Å². The van der Waals surface area contributed by atoms with Gasteiger partial charge in [0.15, 0.2) is 11.5 Å². The van der Waals surface area contributed by atoms with Gasteiger partial charge >= 0.3 is 0 Å². The van der Waals surface area contributed by atoms with Gasteiger partial charge in [0, 0.05) is 24.7 Å². The van der Waals surface area contributed by atoms with Crippen molar-refractivity contribution in [1.29, 1.82) is 0 Å². The van der Waals surface area contributed by atoms with E-state index in [1.807, 2.05) is 6.07 Å². The summed E-state index contributed by atoms with van der Waals surface area (Å²) in [5.74, 6) is 1.33. The van der Waals surface area contributed by atoms with Crippen molar-refractivity contribution in [3.63, 3.8) is 0 Å². The van der Waals surface area contributed by atoms with E-state index in [1.165, 1.54) is 12.1 Å². The molecule has 142 valence electrons. The summed E-state index contributed by atoms with van der Waals surface area (Å²) in [5, 5.41) is 0. The third-order valence-electron chi connectivity index (χ3n) is 4.76. The minimum absolute atomic E-state index is 0.0696. The highest BCUT2D eigenvalue weighted by Gasteiger charge is 2.24. The molecule has 1 saturated heterocycles. The fraction of sp³-hybridized carbons (Fsp3) is 0.316. The van der Waals surface area contributed by atoms with E-state index in [4.69, 9.17) is 9.47 Å². The van der Waals surface area contributed by atoms with E-state index in [-0.39, 0.29) is 17.6 Å². The quantitative estimate of drug-likeness (QED) is 0.851. The maximum Gasteiger partial charge on any atom is 0.241 e. The van der Waals surface area contributed by atoms with Crippen LogP contribution in [0.2, 0.25) is 0 Å². The van der Waals surface area contributed by atoms with Gasteiger partial charge in [0.25, 0.3) is 0 Å². The highest BCUT2D eigenvalue weighted by molar-refractivity contribution is 7.89. The standard InChI is InChI=1S/C19H20N2O5S/c1-13(14-4-9-17-18(11-14)26-12-25-17)20-27(23,24)16-7-5-15(6-8-16)21-10-2-3-19(21)22/h4-9,11,13,20H,2-3,10,12H2,1H3. The zero-order valence-corrected chi connectivity index (χ0v) is 15.7. The summed E-state index contributed by atoms with van der Waals surface area (Å²) in [6, 6.07) is 11.3. The summed E-state index contributed by atoms with van der Waals surface area (Å²) in [5.41, 5.74) is 1.50. The Labute approximate surface area is 157 Å². The van der Waals surface area contributed by atoms with Crippen molar-refractivity contribution in [3.05, 3.63) is 48.0 Å². The molecule has 8 heteroatoms. The first-order valence-electron chi connectivity index (χ1n) is 8.76. The average Bonchev–Trinajstić information content (AvgIpc) is 3.29. The number of anilines is 1. The van der Waals surface area contributed by atoms with Gasteiger partial charge in [0.1, 0.15) is 0 Å². The number of nitrogens with one attached hydrogen (secondary N) is 1.